The highest BCUT2D eigenvalue weighted by Gasteiger charge is 2.17. The van der Waals surface area contributed by atoms with Crippen molar-refractivity contribution < 1.29 is 9.90 Å². The van der Waals surface area contributed by atoms with Crippen LogP contribution in [0.1, 0.15) is 12.8 Å². The second-order valence-electron chi connectivity index (χ2n) is 5.01. The molecule has 1 aliphatic rings. The van der Waals surface area contributed by atoms with Crippen LogP contribution in [0.3, 0.4) is 0 Å². The summed E-state index contributed by atoms with van der Waals surface area (Å²) in [5, 5.41) is 15.0. The van der Waals surface area contributed by atoms with Gasteiger partial charge >= 0.3 is 6.03 Å². The summed E-state index contributed by atoms with van der Waals surface area (Å²) in [5.74, 6) is 0. The summed E-state index contributed by atoms with van der Waals surface area (Å²) in [7, 11) is 0. The average molecular weight is 276 g/mol. The molecule has 1 heterocycles. The standard InChI is InChI=1S/C15H22N3O2/c19-12-14(11-18-9-5-2-6-10-18)17-15(20)16-13-7-3-1-4-8-13/h1-4,7-8,14,19H,5-6,9-12H2,(H2,16,17,20). The van der Waals surface area contributed by atoms with E-state index >= 15 is 0 Å². The Hall–Kier alpha value is -1.59. The lowest BCUT2D eigenvalue weighted by molar-refractivity contribution is 0.174. The largest absolute Gasteiger partial charge is 0.394 e. The minimum Gasteiger partial charge on any atom is -0.394 e. The van der Waals surface area contributed by atoms with E-state index in [-0.39, 0.29) is 18.7 Å². The van der Waals surface area contributed by atoms with Crippen LogP contribution >= 0.6 is 0 Å². The molecule has 2 amide bonds. The highest BCUT2D eigenvalue weighted by molar-refractivity contribution is 5.89. The van der Waals surface area contributed by atoms with E-state index in [1.54, 1.807) is 0 Å². The molecule has 1 aliphatic heterocycles. The van der Waals surface area contributed by atoms with Gasteiger partial charge in [-0.25, -0.2) is 4.79 Å². The molecule has 1 aromatic rings. The summed E-state index contributed by atoms with van der Waals surface area (Å²) < 4.78 is 0. The maximum absolute atomic E-state index is 11.9. The zero-order valence-electron chi connectivity index (χ0n) is 11.6. The van der Waals surface area contributed by atoms with Crippen molar-refractivity contribution in [3.8, 4) is 0 Å². The van der Waals surface area contributed by atoms with Crippen LogP contribution in [-0.4, -0.2) is 48.3 Å². The maximum atomic E-state index is 11.9. The fraction of sp³-hybridized carbons (Fsp3) is 0.467. The second-order valence-corrected chi connectivity index (χ2v) is 5.01. The van der Waals surface area contributed by atoms with Gasteiger partial charge in [0.05, 0.1) is 12.6 Å². The molecule has 0 aromatic heterocycles. The van der Waals surface area contributed by atoms with Crippen molar-refractivity contribution in [3.63, 3.8) is 0 Å². The summed E-state index contributed by atoms with van der Waals surface area (Å²) >= 11 is 0. The smallest absolute Gasteiger partial charge is 0.319 e. The van der Waals surface area contributed by atoms with Crippen LogP contribution < -0.4 is 10.6 Å². The van der Waals surface area contributed by atoms with E-state index in [0.717, 1.165) is 31.6 Å². The SMILES string of the molecule is O=C(Nc1ccccc1)NC(CO)CN1CC[CH]CC1. The number of nitrogens with one attached hydrogen (secondary N) is 2. The number of nitrogens with zero attached hydrogens (tertiary/aromatic N) is 1. The van der Waals surface area contributed by atoms with Gasteiger partial charge in [-0.15, -0.1) is 0 Å². The number of urea groups is 1. The predicted octanol–water partition coefficient (Wildman–Crippen LogP) is 1.47. The molecule has 2 rings (SSSR count). The van der Waals surface area contributed by atoms with Gasteiger partial charge in [0.1, 0.15) is 0 Å². The van der Waals surface area contributed by atoms with E-state index < -0.39 is 0 Å². The maximum Gasteiger partial charge on any atom is 0.319 e. The van der Waals surface area contributed by atoms with Gasteiger partial charge in [-0.3, -0.25) is 0 Å². The second kappa shape index (κ2) is 7.87. The van der Waals surface area contributed by atoms with Crippen molar-refractivity contribution >= 4 is 11.7 Å². The highest BCUT2D eigenvalue weighted by Crippen LogP contribution is 2.08. The van der Waals surface area contributed by atoms with Crippen LogP contribution in [0.2, 0.25) is 0 Å². The number of likely N-dealkylation sites (tertiary alicyclic amines) is 1. The fourth-order valence-corrected chi connectivity index (χ4v) is 2.32. The number of hydrogen-bond donors (Lipinski definition) is 3. The lowest BCUT2D eigenvalue weighted by Crippen LogP contribution is -2.48. The first-order chi connectivity index (χ1) is 9.78. The van der Waals surface area contributed by atoms with Gasteiger partial charge in [-0.2, -0.15) is 0 Å². The van der Waals surface area contributed by atoms with Crippen molar-refractivity contribution in [2.24, 2.45) is 0 Å². The topological polar surface area (TPSA) is 64.6 Å². The molecule has 3 N–H and O–H groups in total. The molecule has 1 fully saturated rings. The van der Waals surface area contributed by atoms with Crippen molar-refractivity contribution in [2.75, 3.05) is 31.6 Å². The van der Waals surface area contributed by atoms with Crippen LogP contribution in [0.5, 0.6) is 0 Å². The number of hydrogen-bond acceptors (Lipinski definition) is 3. The average Bonchev–Trinajstić information content (AvgIpc) is 2.48. The number of aliphatic hydroxyl groups is 1. The first-order valence-corrected chi connectivity index (χ1v) is 7.05. The summed E-state index contributed by atoms with van der Waals surface area (Å²) in [6.07, 6.45) is 4.43. The third-order valence-electron chi connectivity index (χ3n) is 3.36. The number of carbonyl (C=O) groups is 1. The third kappa shape index (κ3) is 4.83. The zero-order chi connectivity index (χ0) is 14.2. The minimum atomic E-state index is -0.279. The molecule has 0 bridgehead atoms. The number of carbonyl (C=O) groups excluding carboxylic acids is 1. The zero-order valence-corrected chi connectivity index (χ0v) is 11.6. The van der Waals surface area contributed by atoms with E-state index in [4.69, 9.17) is 0 Å². The quantitative estimate of drug-likeness (QED) is 0.763. The van der Waals surface area contributed by atoms with Gasteiger partial charge in [0.15, 0.2) is 0 Å². The Morgan fingerprint density at radius 1 is 1.25 bits per heavy atom. The summed E-state index contributed by atoms with van der Waals surface area (Å²) in [6, 6.07) is 8.76. The predicted molar refractivity (Wildman–Crippen MR) is 79.4 cm³/mol. The molecule has 5 nitrogen and oxygen atoms in total. The molecule has 109 valence electrons. The van der Waals surface area contributed by atoms with Gasteiger partial charge in [-0.1, -0.05) is 18.2 Å². The molecule has 5 heteroatoms. The number of piperidine rings is 1. The molecule has 0 aliphatic carbocycles. The molecule has 1 radical (unpaired) electrons. The molecule has 1 aromatic carbocycles. The lowest BCUT2D eigenvalue weighted by Gasteiger charge is -2.30. The monoisotopic (exact) mass is 276 g/mol. The molecular formula is C15H22N3O2. The number of aliphatic hydroxyl groups excluding tert-OH is 1. The molecule has 1 saturated heterocycles. The van der Waals surface area contributed by atoms with Crippen LogP contribution in [0.25, 0.3) is 0 Å². The number of benzene rings is 1. The Balaban J connectivity index is 1.78. The van der Waals surface area contributed by atoms with Gasteiger partial charge in [0.2, 0.25) is 0 Å². The van der Waals surface area contributed by atoms with E-state index in [0.29, 0.717) is 6.54 Å². The normalized spacial score (nSPS) is 17.4. The Morgan fingerprint density at radius 2 is 1.95 bits per heavy atom. The Bertz CT molecular complexity index is 405. The molecule has 20 heavy (non-hydrogen) atoms. The lowest BCUT2D eigenvalue weighted by atomic mass is 10.1. The van der Waals surface area contributed by atoms with Crippen molar-refractivity contribution in [1.82, 2.24) is 10.2 Å². The van der Waals surface area contributed by atoms with E-state index in [1.807, 2.05) is 30.3 Å². The summed E-state index contributed by atoms with van der Waals surface area (Å²) in [6.45, 7) is 2.63. The van der Waals surface area contributed by atoms with Crippen LogP contribution in [0, 0.1) is 6.42 Å². The third-order valence-corrected chi connectivity index (χ3v) is 3.36. The van der Waals surface area contributed by atoms with Gasteiger partial charge in [0.25, 0.3) is 0 Å². The van der Waals surface area contributed by atoms with E-state index in [2.05, 4.69) is 22.0 Å². The number of rotatable bonds is 5. The first-order valence-electron chi connectivity index (χ1n) is 7.05. The van der Waals surface area contributed by atoms with Crippen LogP contribution in [0.4, 0.5) is 10.5 Å². The minimum absolute atomic E-state index is 0.0532. The van der Waals surface area contributed by atoms with Gasteiger partial charge in [-0.05, 0) is 44.5 Å². The summed E-state index contributed by atoms with van der Waals surface area (Å²) in [5.41, 5.74) is 0.745. The van der Waals surface area contributed by atoms with Gasteiger partial charge < -0.3 is 20.6 Å². The van der Waals surface area contributed by atoms with Crippen molar-refractivity contribution in [1.29, 1.82) is 0 Å². The molecule has 1 unspecified atom stereocenters. The Labute approximate surface area is 120 Å². The van der Waals surface area contributed by atoms with Crippen molar-refractivity contribution in [3.05, 3.63) is 36.8 Å². The molecule has 0 spiro atoms. The van der Waals surface area contributed by atoms with Crippen LogP contribution in [0.15, 0.2) is 30.3 Å². The number of amides is 2. The Kier molecular flexibility index (Phi) is 5.83. The first kappa shape index (κ1) is 14.8. The Morgan fingerprint density at radius 3 is 2.60 bits per heavy atom. The van der Waals surface area contributed by atoms with E-state index in [9.17, 15) is 9.90 Å². The van der Waals surface area contributed by atoms with Crippen molar-refractivity contribution in [2.45, 2.75) is 18.9 Å². The summed E-state index contributed by atoms with van der Waals surface area (Å²) in [4.78, 5) is 14.1. The van der Waals surface area contributed by atoms with Gasteiger partial charge in [0, 0.05) is 12.2 Å². The molecule has 1 atom stereocenters. The number of anilines is 1. The molecular weight excluding hydrogens is 254 g/mol. The van der Waals surface area contributed by atoms with E-state index in [1.165, 1.54) is 0 Å². The highest BCUT2D eigenvalue weighted by atomic mass is 16.3. The molecule has 0 saturated carbocycles. The number of para-hydroxylation sites is 1. The fourth-order valence-electron chi connectivity index (χ4n) is 2.32. The van der Waals surface area contributed by atoms with Crippen LogP contribution in [-0.2, 0) is 0 Å².